The summed E-state index contributed by atoms with van der Waals surface area (Å²) in [6, 6.07) is 20.9. The normalized spacial score (nSPS) is 11.2. The number of esters is 1. The highest BCUT2D eigenvalue weighted by Gasteiger charge is 2.14. The molecule has 31 heavy (non-hydrogen) atoms. The zero-order valence-corrected chi connectivity index (χ0v) is 16.4. The first-order valence-electron chi connectivity index (χ1n) is 9.75. The Labute approximate surface area is 175 Å². The molecule has 0 saturated heterocycles. The fourth-order valence-corrected chi connectivity index (χ4v) is 3.75. The lowest BCUT2D eigenvalue weighted by Crippen LogP contribution is -2.19. The Hall–Kier alpha value is -4.26. The van der Waals surface area contributed by atoms with Crippen molar-refractivity contribution in [3.63, 3.8) is 0 Å². The van der Waals surface area contributed by atoms with E-state index in [2.05, 4.69) is 4.98 Å². The third kappa shape index (κ3) is 3.36. The Morgan fingerprint density at radius 3 is 2.23 bits per heavy atom. The molecule has 0 radical (unpaired) electrons. The van der Waals surface area contributed by atoms with E-state index in [0.717, 1.165) is 0 Å². The summed E-state index contributed by atoms with van der Waals surface area (Å²) in [6.45, 7) is -0.191. The molecule has 152 valence electrons. The second kappa shape index (κ2) is 7.53. The van der Waals surface area contributed by atoms with E-state index < -0.39 is 5.97 Å². The fourth-order valence-electron chi connectivity index (χ4n) is 3.75. The van der Waals surface area contributed by atoms with Crippen LogP contribution in [0.4, 0.5) is 0 Å². The van der Waals surface area contributed by atoms with Gasteiger partial charge in [0.25, 0.3) is 5.56 Å². The number of para-hydroxylation sites is 2. The average molecular weight is 411 g/mol. The number of rotatable bonds is 4. The van der Waals surface area contributed by atoms with Gasteiger partial charge in [0.2, 0.25) is 0 Å². The minimum atomic E-state index is -0.492. The van der Waals surface area contributed by atoms with Crippen molar-refractivity contribution in [2.75, 3.05) is 0 Å². The Morgan fingerprint density at radius 2 is 1.52 bits per heavy atom. The molecule has 0 fully saturated rings. The van der Waals surface area contributed by atoms with E-state index in [9.17, 15) is 14.4 Å². The zero-order chi connectivity index (χ0) is 21.4. The van der Waals surface area contributed by atoms with Crippen molar-refractivity contribution in [2.24, 2.45) is 0 Å². The van der Waals surface area contributed by atoms with Crippen LogP contribution in [0.2, 0.25) is 0 Å². The minimum Gasteiger partial charge on any atom is -0.458 e. The lowest BCUT2D eigenvalue weighted by molar-refractivity contribution is -0.145. The molecule has 0 aliphatic carbocycles. The maximum atomic E-state index is 12.8. The molecular formula is C24H17N3O4. The van der Waals surface area contributed by atoms with Crippen molar-refractivity contribution < 1.29 is 9.53 Å². The van der Waals surface area contributed by atoms with Crippen LogP contribution < -0.4 is 11.0 Å². The Bertz CT molecular complexity index is 1520. The number of aromatic nitrogens is 3. The van der Waals surface area contributed by atoms with E-state index >= 15 is 0 Å². The van der Waals surface area contributed by atoms with Gasteiger partial charge in [-0.05, 0) is 36.4 Å². The monoisotopic (exact) mass is 411 g/mol. The second-order valence-corrected chi connectivity index (χ2v) is 7.12. The third-order valence-corrected chi connectivity index (χ3v) is 5.17. The van der Waals surface area contributed by atoms with Crippen LogP contribution in [0.25, 0.3) is 27.5 Å². The van der Waals surface area contributed by atoms with Gasteiger partial charge in [-0.3, -0.25) is 18.8 Å². The number of benzene rings is 2. The van der Waals surface area contributed by atoms with E-state index in [-0.39, 0.29) is 24.1 Å². The van der Waals surface area contributed by atoms with Crippen LogP contribution in [0.3, 0.4) is 0 Å². The van der Waals surface area contributed by atoms with Crippen molar-refractivity contribution in [1.29, 1.82) is 0 Å². The number of nitrogens with zero attached hydrogens (tertiary/aromatic N) is 3. The molecule has 0 aliphatic rings. The van der Waals surface area contributed by atoms with Gasteiger partial charge in [-0.2, -0.15) is 0 Å². The molecule has 2 aromatic carbocycles. The van der Waals surface area contributed by atoms with Gasteiger partial charge >= 0.3 is 5.97 Å². The number of hydrogen-bond donors (Lipinski definition) is 0. The fraction of sp³-hybridized carbons (Fsp3) is 0.0833. The highest BCUT2D eigenvalue weighted by Crippen LogP contribution is 2.19. The summed E-state index contributed by atoms with van der Waals surface area (Å²) < 4.78 is 8.61. The molecule has 0 amide bonds. The quantitative estimate of drug-likeness (QED) is 0.335. The van der Waals surface area contributed by atoms with Gasteiger partial charge in [0, 0.05) is 23.0 Å². The highest BCUT2D eigenvalue weighted by molar-refractivity contribution is 5.94. The molecule has 7 nitrogen and oxygen atoms in total. The molecule has 5 aromatic rings. The van der Waals surface area contributed by atoms with Gasteiger partial charge in [-0.25, -0.2) is 4.98 Å². The minimum absolute atomic E-state index is 0.0725. The van der Waals surface area contributed by atoms with Crippen molar-refractivity contribution in [3.8, 4) is 0 Å². The maximum Gasteiger partial charge on any atom is 0.326 e. The predicted molar refractivity (Wildman–Crippen MR) is 117 cm³/mol. The summed E-state index contributed by atoms with van der Waals surface area (Å²) in [5.41, 5.74) is 1.86. The van der Waals surface area contributed by atoms with Crippen LogP contribution in [0.15, 0.2) is 88.6 Å². The molecule has 3 aromatic heterocycles. The first-order chi connectivity index (χ1) is 15.1. The highest BCUT2D eigenvalue weighted by atomic mass is 16.5. The summed E-state index contributed by atoms with van der Waals surface area (Å²) in [6.07, 6.45) is 1.63. The molecular weight excluding hydrogens is 394 g/mol. The van der Waals surface area contributed by atoms with Crippen LogP contribution in [-0.2, 0) is 22.7 Å². The van der Waals surface area contributed by atoms with E-state index in [0.29, 0.717) is 33.1 Å². The summed E-state index contributed by atoms with van der Waals surface area (Å²) >= 11 is 0. The SMILES string of the molecule is O=C(Cn1c2ccccc2c(=O)c2ccccc21)OCc1cc(=O)n2ccccc2n1. The maximum absolute atomic E-state index is 12.8. The third-order valence-electron chi connectivity index (χ3n) is 5.17. The molecule has 5 rings (SSSR count). The molecule has 7 heteroatoms. The van der Waals surface area contributed by atoms with Gasteiger partial charge in [-0.15, -0.1) is 0 Å². The Morgan fingerprint density at radius 1 is 0.871 bits per heavy atom. The van der Waals surface area contributed by atoms with Crippen molar-refractivity contribution in [2.45, 2.75) is 13.2 Å². The Kier molecular flexibility index (Phi) is 4.55. The van der Waals surface area contributed by atoms with E-state index in [1.165, 1.54) is 10.5 Å². The molecule has 0 aliphatic heterocycles. The van der Waals surface area contributed by atoms with Crippen LogP contribution in [-0.4, -0.2) is 19.9 Å². The summed E-state index contributed by atoms with van der Waals surface area (Å²) in [7, 11) is 0. The lowest BCUT2D eigenvalue weighted by Gasteiger charge is -2.14. The summed E-state index contributed by atoms with van der Waals surface area (Å²) in [5.74, 6) is -0.492. The summed E-state index contributed by atoms with van der Waals surface area (Å²) in [4.78, 5) is 42.1. The van der Waals surface area contributed by atoms with Crippen molar-refractivity contribution >= 4 is 33.4 Å². The largest absolute Gasteiger partial charge is 0.458 e. The van der Waals surface area contributed by atoms with Crippen molar-refractivity contribution in [1.82, 2.24) is 14.0 Å². The summed E-state index contributed by atoms with van der Waals surface area (Å²) in [5, 5.41) is 1.08. The first-order valence-corrected chi connectivity index (χ1v) is 9.75. The van der Waals surface area contributed by atoms with E-state index in [1.807, 2.05) is 24.3 Å². The number of ether oxygens (including phenoxy) is 1. The van der Waals surface area contributed by atoms with Crippen LogP contribution >= 0.6 is 0 Å². The number of carbonyl (C=O) groups excluding carboxylic acids is 1. The average Bonchev–Trinajstić information content (AvgIpc) is 2.80. The predicted octanol–water partition coefficient (Wildman–Crippen LogP) is 2.91. The van der Waals surface area contributed by atoms with Gasteiger partial charge in [0.05, 0.1) is 16.7 Å². The Balaban J connectivity index is 1.46. The van der Waals surface area contributed by atoms with E-state index in [1.54, 1.807) is 53.2 Å². The number of carbonyl (C=O) groups is 1. The van der Waals surface area contributed by atoms with Crippen LogP contribution in [0, 0.1) is 0 Å². The smallest absolute Gasteiger partial charge is 0.326 e. The van der Waals surface area contributed by atoms with Gasteiger partial charge in [-0.1, -0.05) is 30.3 Å². The number of fused-ring (bicyclic) bond motifs is 3. The van der Waals surface area contributed by atoms with Gasteiger partial charge in [0.15, 0.2) is 5.43 Å². The molecule has 0 bridgehead atoms. The number of pyridine rings is 2. The second-order valence-electron chi connectivity index (χ2n) is 7.12. The lowest BCUT2D eigenvalue weighted by atomic mass is 10.1. The molecule has 3 heterocycles. The van der Waals surface area contributed by atoms with Crippen molar-refractivity contribution in [3.05, 3.63) is 105 Å². The molecule has 0 N–H and O–H groups in total. The topological polar surface area (TPSA) is 82.7 Å². The molecule has 0 atom stereocenters. The van der Waals surface area contributed by atoms with E-state index in [4.69, 9.17) is 4.74 Å². The van der Waals surface area contributed by atoms with Crippen LogP contribution in [0.5, 0.6) is 0 Å². The standard InChI is InChI=1S/C24H17N3O4/c28-22-13-16(25-21-11-5-6-12-26(21)22)15-31-23(29)14-27-19-9-3-1-7-17(19)24(30)18-8-2-4-10-20(18)27/h1-13H,14-15H2. The first kappa shape index (κ1) is 18.7. The van der Waals surface area contributed by atoms with Gasteiger partial charge in [0.1, 0.15) is 18.8 Å². The molecule has 0 spiro atoms. The molecule has 0 saturated carbocycles. The number of hydrogen-bond acceptors (Lipinski definition) is 5. The zero-order valence-electron chi connectivity index (χ0n) is 16.4. The van der Waals surface area contributed by atoms with Gasteiger partial charge < -0.3 is 9.30 Å². The van der Waals surface area contributed by atoms with Crippen LogP contribution in [0.1, 0.15) is 5.69 Å². The molecule has 0 unspecified atom stereocenters.